The Morgan fingerprint density at radius 3 is 2.63 bits per heavy atom. The van der Waals surface area contributed by atoms with Crippen LogP contribution in [-0.4, -0.2) is 69.1 Å². The summed E-state index contributed by atoms with van der Waals surface area (Å²) in [5.41, 5.74) is 0. The number of hydrogen-bond acceptors (Lipinski definition) is 4. The normalized spacial score (nSPS) is 19.2. The van der Waals surface area contributed by atoms with Gasteiger partial charge in [-0.3, -0.25) is 9.69 Å². The second kappa shape index (κ2) is 7.66. The summed E-state index contributed by atoms with van der Waals surface area (Å²) in [5, 5.41) is 2.55. The first-order chi connectivity index (χ1) is 8.88. The third-order valence-corrected chi connectivity index (χ3v) is 2.70. The predicted molar refractivity (Wildman–Crippen MR) is 61.7 cm³/mol. The maximum atomic E-state index is 11.9. The number of amides is 1. The first-order valence-corrected chi connectivity index (χ1v) is 6.14. The van der Waals surface area contributed by atoms with Crippen molar-refractivity contribution >= 4 is 5.91 Å². The largest absolute Gasteiger partial charge is 0.411 e. The summed E-state index contributed by atoms with van der Waals surface area (Å²) in [4.78, 5) is 13.6. The minimum Gasteiger partial charge on any atom is -0.379 e. The van der Waals surface area contributed by atoms with Crippen molar-refractivity contribution in [2.45, 2.75) is 19.2 Å². The van der Waals surface area contributed by atoms with Crippen LogP contribution >= 0.6 is 0 Å². The van der Waals surface area contributed by atoms with E-state index in [-0.39, 0.29) is 0 Å². The van der Waals surface area contributed by atoms with Crippen LogP contribution in [0.1, 0.15) is 6.92 Å². The van der Waals surface area contributed by atoms with Crippen LogP contribution in [0.2, 0.25) is 0 Å². The van der Waals surface area contributed by atoms with Gasteiger partial charge in [-0.2, -0.15) is 13.2 Å². The van der Waals surface area contributed by atoms with Gasteiger partial charge < -0.3 is 14.8 Å². The van der Waals surface area contributed by atoms with Crippen molar-refractivity contribution in [1.29, 1.82) is 0 Å². The smallest absolute Gasteiger partial charge is 0.379 e. The van der Waals surface area contributed by atoms with Crippen LogP contribution in [0.4, 0.5) is 13.2 Å². The average Bonchev–Trinajstić information content (AvgIpc) is 2.36. The molecule has 5 nitrogen and oxygen atoms in total. The lowest BCUT2D eigenvalue weighted by Gasteiger charge is -2.26. The monoisotopic (exact) mass is 284 g/mol. The molecule has 0 saturated carbocycles. The summed E-state index contributed by atoms with van der Waals surface area (Å²) in [5.74, 6) is -0.530. The Balaban J connectivity index is 2.12. The Labute approximate surface area is 110 Å². The average molecular weight is 284 g/mol. The van der Waals surface area contributed by atoms with Crippen LogP contribution in [0.3, 0.4) is 0 Å². The zero-order valence-corrected chi connectivity index (χ0v) is 10.8. The van der Waals surface area contributed by atoms with Gasteiger partial charge in [-0.1, -0.05) is 0 Å². The second-order valence-corrected chi connectivity index (χ2v) is 4.31. The summed E-state index contributed by atoms with van der Waals surface area (Å²) >= 11 is 0. The van der Waals surface area contributed by atoms with Crippen molar-refractivity contribution in [1.82, 2.24) is 10.2 Å². The van der Waals surface area contributed by atoms with Gasteiger partial charge in [-0.25, -0.2) is 0 Å². The molecule has 1 aliphatic rings. The summed E-state index contributed by atoms with van der Waals surface area (Å²) in [6.45, 7) is 3.87. The minimum atomic E-state index is -4.41. The van der Waals surface area contributed by atoms with E-state index in [4.69, 9.17) is 4.74 Å². The Hall–Kier alpha value is -0.860. The Morgan fingerprint density at radius 1 is 1.42 bits per heavy atom. The quantitative estimate of drug-likeness (QED) is 0.767. The molecule has 1 heterocycles. The Bertz CT molecular complexity index is 281. The molecule has 1 atom stereocenters. The second-order valence-electron chi connectivity index (χ2n) is 4.31. The van der Waals surface area contributed by atoms with Crippen LogP contribution in [0.5, 0.6) is 0 Å². The molecule has 0 aromatic carbocycles. The molecular weight excluding hydrogens is 265 g/mol. The summed E-state index contributed by atoms with van der Waals surface area (Å²) in [6, 6.07) is 0. The van der Waals surface area contributed by atoms with E-state index < -0.39 is 24.8 Å². The van der Waals surface area contributed by atoms with Gasteiger partial charge in [0.1, 0.15) is 12.7 Å². The molecule has 1 amide bonds. The number of hydrogen-bond donors (Lipinski definition) is 1. The SMILES string of the molecule is C[C@@H](OCC(F)(F)F)C(=O)NCCN1CCOCC1. The van der Waals surface area contributed by atoms with Gasteiger partial charge in [0.2, 0.25) is 5.91 Å². The summed E-state index contributed by atoms with van der Waals surface area (Å²) in [7, 11) is 0. The molecule has 0 radical (unpaired) electrons. The number of morpholine rings is 1. The maximum absolute atomic E-state index is 11.9. The molecule has 1 fully saturated rings. The summed E-state index contributed by atoms with van der Waals surface area (Å²) < 4.78 is 45.3. The molecular formula is C11H19F3N2O3. The molecule has 0 aromatic rings. The molecule has 8 heteroatoms. The van der Waals surface area contributed by atoms with Crippen molar-refractivity contribution in [2.75, 3.05) is 46.0 Å². The molecule has 0 aromatic heterocycles. The number of rotatable bonds is 6. The molecule has 0 unspecified atom stereocenters. The highest BCUT2D eigenvalue weighted by Crippen LogP contribution is 2.15. The van der Waals surface area contributed by atoms with Crippen LogP contribution in [-0.2, 0) is 14.3 Å². The maximum Gasteiger partial charge on any atom is 0.411 e. The number of nitrogens with zero attached hydrogens (tertiary/aromatic N) is 1. The fourth-order valence-electron chi connectivity index (χ4n) is 1.60. The Morgan fingerprint density at radius 2 is 2.05 bits per heavy atom. The van der Waals surface area contributed by atoms with E-state index in [9.17, 15) is 18.0 Å². The first-order valence-electron chi connectivity index (χ1n) is 6.14. The Kier molecular flexibility index (Phi) is 6.53. The molecule has 0 aliphatic carbocycles. The van der Waals surface area contributed by atoms with Gasteiger partial charge in [0.05, 0.1) is 13.2 Å². The number of carbonyl (C=O) groups excluding carboxylic acids is 1. The van der Waals surface area contributed by atoms with E-state index in [1.165, 1.54) is 6.92 Å². The number of carbonyl (C=O) groups is 1. The van der Waals surface area contributed by atoms with Gasteiger partial charge >= 0.3 is 6.18 Å². The lowest BCUT2D eigenvalue weighted by molar-refractivity contribution is -0.185. The van der Waals surface area contributed by atoms with Crippen molar-refractivity contribution in [3.8, 4) is 0 Å². The molecule has 1 rings (SSSR count). The van der Waals surface area contributed by atoms with Crippen molar-refractivity contribution in [3.63, 3.8) is 0 Å². The highest BCUT2D eigenvalue weighted by Gasteiger charge is 2.29. The number of ether oxygens (including phenoxy) is 2. The van der Waals surface area contributed by atoms with Gasteiger partial charge in [0, 0.05) is 26.2 Å². The van der Waals surface area contributed by atoms with Crippen molar-refractivity contribution < 1.29 is 27.4 Å². The fourth-order valence-corrected chi connectivity index (χ4v) is 1.60. The summed E-state index contributed by atoms with van der Waals surface area (Å²) in [6.07, 6.45) is -5.52. The zero-order chi connectivity index (χ0) is 14.3. The van der Waals surface area contributed by atoms with Crippen molar-refractivity contribution in [3.05, 3.63) is 0 Å². The molecule has 1 N–H and O–H groups in total. The number of halogens is 3. The van der Waals surface area contributed by atoms with Gasteiger partial charge in [0.25, 0.3) is 0 Å². The zero-order valence-electron chi connectivity index (χ0n) is 10.8. The van der Waals surface area contributed by atoms with E-state index in [0.29, 0.717) is 26.3 Å². The van der Waals surface area contributed by atoms with E-state index in [2.05, 4.69) is 15.0 Å². The molecule has 112 valence electrons. The predicted octanol–water partition coefficient (Wildman–Crippen LogP) is 0.402. The topological polar surface area (TPSA) is 50.8 Å². The van der Waals surface area contributed by atoms with Crippen LogP contribution in [0.15, 0.2) is 0 Å². The standard InChI is InChI=1S/C11H19F3N2O3/c1-9(19-8-11(12,13)14)10(17)15-2-3-16-4-6-18-7-5-16/h9H,2-8H2,1H3,(H,15,17)/t9-/m1/s1. The van der Waals surface area contributed by atoms with E-state index in [1.807, 2.05) is 0 Å². The van der Waals surface area contributed by atoms with Gasteiger partial charge in [-0.05, 0) is 6.92 Å². The number of alkyl halides is 3. The lowest BCUT2D eigenvalue weighted by atomic mass is 10.3. The van der Waals surface area contributed by atoms with E-state index in [0.717, 1.165) is 13.1 Å². The van der Waals surface area contributed by atoms with Crippen LogP contribution in [0.25, 0.3) is 0 Å². The van der Waals surface area contributed by atoms with Crippen LogP contribution < -0.4 is 5.32 Å². The molecule has 0 bridgehead atoms. The third-order valence-electron chi connectivity index (χ3n) is 2.70. The third kappa shape index (κ3) is 7.34. The van der Waals surface area contributed by atoms with Crippen LogP contribution in [0, 0.1) is 0 Å². The highest BCUT2D eigenvalue weighted by atomic mass is 19.4. The highest BCUT2D eigenvalue weighted by molar-refractivity contribution is 5.80. The lowest BCUT2D eigenvalue weighted by Crippen LogP contribution is -2.43. The van der Waals surface area contributed by atoms with E-state index in [1.54, 1.807) is 0 Å². The molecule has 1 saturated heterocycles. The number of nitrogens with one attached hydrogen (secondary N) is 1. The molecule has 0 spiro atoms. The first kappa shape index (κ1) is 16.2. The van der Waals surface area contributed by atoms with Gasteiger partial charge in [-0.15, -0.1) is 0 Å². The minimum absolute atomic E-state index is 0.387. The fraction of sp³-hybridized carbons (Fsp3) is 0.909. The molecule has 19 heavy (non-hydrogen) atoms. The molecule has 1 aliphatic heterocycles. The van der Waals surface area contributed by atoms with E-state index >= 15 is 0 Å². The van der Waals surface area contributed by atoms with Gasteiger partial charge in [0.15, 0.2) is 0 Å². The van der Waals surface area contributed by atoms with Crippen molar-refractivity contribution in [2.24, 2.45) is 0 Å².